The quantitative estimate of drug-likeness (QED) is 0.770. The Morgan fingerprint density at radius 1 is 1.17 bits per heavy atom. The van der Waals surface area contributed by atoms with Gasteiger partial charge in [0.2, 0.25) is 0 Å². The van der Waals surface area contributed by atoms with Crippen LogP contribution in [0.25, 0.3) is 0 Å². The Bertz CT molecular complexity index is 451. The number of carbonyl (C=O) groups excluding carboxylic acids is 2. The van der Waals surface area contributed by atoms with Gasteiger partial charge in [-0.1, -0.05) is 12.1 Å². The first-order valence-corrected chi connectivity index (χ1v) is 6.34. The summed E-state index contributed by atoms with van der Waals surface area (Å²) in [6.07, 6.45) is 3.12. The molecule has 2 amide bonds. The summed E-state index contributed by atoms with van der Waals surface area (Å²) < 4.78 is 0. The monoisotopic (exact) mass is 246 g/mol. The van der Waals surface area contributed by atoms with Gasteiger partial charge in [-0.25, -0.2) is 0 Å². The van der Waals surface area contributed by atoms with Crippen LogP contribution in [0.4, 0.5) is 5.69 Å². The predicted molar refractivity (Wildman–Crippen MR) is 70.2 cm³/mol. The number of nitrogens with one attached hydrogen (secondary N) is 1. The molecule has 2 rings (SSSR count). The Morgan fingerprint density at radius 3 is 2.56 bits per heavy atom. The van der Waals surface area contributed by atoms with Crippen LogP contribution in [0.5, 0.6) is 0 Å². The van der Waals surface area contributed by atoms with Crippen molar-refractivity contribution in [1.29, 1.82) is 0 Å². The average Bonchev–Trinajstić information content (AvgIpc) is 2.39. The molecule has 0 aromatic heterocycles. The van der Waals surface area contributed by atoms with Gasteiger partial charge in [0, 0.05) is 18.8 Å². The molecular formula is C14H18N2O2. The summed E-state index contributed by atoms with van der Waals surface area (Å²) >= 11 is 0. The van der Waals surface area contributed by atoms with Crippen molar-refractivity contribution in [1.82, 2.24) is 4.90 Å². The Morgan fingerprint density at radius 2 is 1.89 bits per heavy atom. The number of rotatable bonds is 1. The highest BCUT2D eigenvalue weighted by molar-refractivity contribution is 6.39. The van der Waals surface area contributed by atoms with Crippen LogP contribution >= 0.6 is 0 Å². The lowest BCUT2D eigenvalue weighted by Gasteiger charge is -2.25. The first kappa shape index (κ1) is 12.6. The Kier molecular flexibility index (Phi) is 3.97. The molecule has 1 heterocycles. The number of nitrogens with zero attached hydrogens (tertiary/aromatic N) is 1. The zero-order valence-corrected chi connectivity index (χ0v) is 10.6. The molecule has 1 aliphatic heterocycles. The van der Waals surface area contributed by atoms with E-state index >= 15 is 0 Å². The molecule has 0 saturated carbocycles. The van der Waals surface area contributed by atoms with Gasteiger partial charge in [-0.2, -0.15) is 0 Å². The minimum Gasteiger partial charge on any atom is -0.334 e. The smallest absolute Gasteiger partial charge is 0.313 e. The Labute approximate surface area is 107 Å². The number of benzene rings is 1. The molecule has 1 aliphatic rings. The van der Waals surface area contributed by atoms with Crippen molar-refractivity contribution in [3.8, 4) is 0 Å². The van der Waals surface area contributed by atoms with Crippen LogP contribution in [0.3, 0.4) is 0 Å². The van der Waals surface area contributed by atoms with Crippen LogP contribution in [0.1, 0.15) is 24.8 Å². The number of likely N-dealkylation sites (tertiary alicyclic amines) is 1. The topological polar surface area (TPSA) is 49.4 Å². The number of carbonyl (C=O) groups is 2. The fraction of sp³-hybridized carbons (Fsp3) is 0.429. The van der Waals surface area contributed by atoms with Gasteiger partial charge in [-0.05, 0) is 43.9 Å². The van der Waals surface area contributed by atoms with Crippen LogP contribution in [-0.4, -0.2) is 29.8 Å². The number of hydrogen-bond donors (Lipinski definition) is 1. The van der Waals surface area contributed by atoms with E-state index in [-0.39, 0.29) is 0 Å². The second-order valence-corrected chi connectivity index (χ2v) is 4.68. The summed E-state index contributed by atoms with van der Waals surface area (Å²) in [6.45, 7) is 3.34. The Balaban J connectivity index is 1.96. The predicted octanol–water partition coefficient (Wildman–Crippen LogP) is 1.95. The second-order valence-electron chi connectivity index (χ2n) is 4.68. The third kappa shape index (κ3) is 3.09. The minimum atomic E-state index is -0.539. The molecule has 96 valence electrons. The summed E-state index contributed by atoms with van der Waals surface area (Å²) in [7, 11) is 0. The van der Waals surface area contributed by atoms with E-state index in [4.69, 9.17) is 0 Å². The largest absolute Gasteiger partial charge is 0.334 e. The van der Waals surface area contributed by atoms with Gasteiger partial charge < -0.3 is 10.2 Å². The van der Waals surface area contributed by atoms with Crippen LogP contribution in [0.15, 0.2) is 24.3 Å². The van der Waals surface area contributed by atoms with Crippen molar-refractivity contribution in [2.24, 2.45) is 0 Å². The molecule has 0 atom stereocenters. The zero-order chi connectivity index (χ0) is 13.0. The van der Waals surface area contributed by atoms with Gasteiger partial charge in [-0.15, -0.1) is 0 Å². The Hall–Kier alpha value is -1.84. The molecule has 1 aromatic carbocycles. The first-order chi connectivity index (χ1) is 8.66. The fourth-order valence-electron chi connectivity index (χ4n) is 2.15. The lowest BCUT2D eigenvalue weighted by Crippen LogP contribution is -2.42. The molecule has 0 unspecified atom stereocenters. The SMILES string of the molecule is Cc1cccc(NC(=O)C(=O)N2CCCCC2)c1. The number of aryl methyl sites for hydroxylation is 1. The highest BCUT2D eigenvalue weighted by Crippen LogP contribution is 2.12. The van der Waals surface area contributed by atoms with Gasteiger partial charge in [0.05, 0.1) is 0 Å². The van der Waals surface area contributed by atoms with Gasteiger partial charge in [0.1, 0.15) is 0 Å². The molecule has 4 nitrogen and oxygen atoms in total. The van der Waals surface area contributed by atoms with Crippen LogP contribution in [-0.2, 0) is 9.59 Å². The maximum absolute atomic E-state index is 11.9. The van der Waals surface area contributed by atoms with Crippen LogP contribution < -0.4 is 5.32 Å². The molecule has 1 aromatic rings. The summed E-state index contributed by atoms with van der Waals surface area (Å²) in [4.78, 5) is 25.4. The van der Waals surface area contributed by atoms with E-state index in [0.29, 0.717) is 18.8 Å². The van der Waals surface area contributed by atoms with E-state index in [1.165, 1.54) is 0 Å². The first-order valence-electron chi connectivity index (χ1n) is 6.34. The molecule has 0 bridgehead atoms. The van der Waals surface area contributed by atoms with Crippen LogP contribution in [0, 0.1) is 6.92 Å². The van der Waals surface area contributed by atoms with E-state index in [9.17, 15) is 9.59 Å². The molecule has 0 aliphatic carbocycles. The second kappa shape index (κ2) is 5.67. The standard InChI is InChI=1S/C14H18N2O2/c1-11-6-5-7-12(10-11)15-13(17)14(18)16-8-3-2-4-9-16/h5-7,10H,2-4,8-9H2,1H3,(H,15,17). The molecule has 1 saturated heterocycles. The van der Waals surface area contributed by atoms with Gasteiger partial charge in [-0.3, -0.25) is 9.59 Å². The summed E-state index contributed by atoms with van der Waals surface area (Å²) in [5, 5.41) is 2.65. The van der Waals surface area contributed by atoms with Crippen molar-refractivity contribution in [2.75, 3.05) is 18.4 Å². The average molecular weight is 246 g/mol. The maximum Gasteiger partial charge on any atom is 0.313 e. The third-order valence-corrected chi connectivity index (χ3v) is 3.11. The molecular weight excluding hydrogens is 228 g/mol. The van der Waals surface area contributed by atoms with Gasteiger partial charge in [0.25, 0.3) is 0 Å². The third-order valence-electron chi connectivity index (χ3n) is 3.11. The molecule has 0 radical (unpaired) electrons. The van der Waals surface area contributed by atoms with Crippen molar-refractivity contribution in [3.05, 3.63) is 29.8 Å². The molecule has 18 heavy (non-hydrogen) atoms. The van der Waals surface area contributed by atoms with Crippen LogP contribution in [0.2, 0.25) is 0 Å². The lowest BCUT2D eigenvalue weighted by molar-refractivity contribution is -0.143. The number of piperidine rings is 1. The van der Waals surface area contributed by atoms with E-state index in [0.717, 1.165) is 24.8 Å². The molecule has 1 N–H and O–H groups in total. The summed E-state index contributed by atoms with van der Waals surface area (Å²) in [5.74, 6) is -0.960. The molecule has 4 heteroatoms. The minimum absolute atomic E-state index is 0.420. The number of amides is 2. The maximum atomic E-state index is 11.9. The van der Waals surface area contributed by atoms with Crippen molar-refractivity contribution >= 4 is 17.5 Å². The van der Waals surface area contributed by atoms with E-state index in [1.54, 1.807) is 11.0 Å². The van der Waals surface area contributed by atoms with Gasteiger partial charge >= 0.3 is 11.8 Å². The number of hydrogen-bond acceptors (Lipinski definition) is 2. The highest BCUT2D eigenvalue weighted by atomic mass is 16.2. The van der Waals surface area contributed by atoms with Crippen molar-refractivity contribution in [2.45, 2.75) is 26.2 Å². The van der Waals surface area contributed by atoms with E-state index in [2.05, 4.69) is 5.32 Å². The van der Waals surface area contributed by atoms with Crippen molar-refractivity contribution < 1.29 is 9.59 Å². The highest BCUT2D eigenvalue weighted by Gasteiger charge is 2.23. The summed E-state index contributed by atoms with van der Waals surface area (Å²) in [5.41, 5.74) is 1.73. The zero-order valence-electron chi connectivity index (χ0n) is 10.6. The molecule has 0 spiro atoms. The fourth-order valence-corrected chi connectivity index (χ4v) is 2.15. The molecule has 1 fully saturated rings. The lowest BCUT2D eigenvalue weighted by atomic mass is 10.1. The van der Waals surface area contributed by atoms with Crippen molar-refractivity contribution in [3.63, 3.8) is 0 Å². The normalized spacial score (nSPS) is 15.3. The summed E-state index contributed by atoms with van der Waals surface area (Å²) in [6, 6.07) is 7.44. The van der Waals surface area contributed by atoms with E-state index in [1.807, 2.05) is 25.1 Å². The number of anilines is 1. The van der Waals surface area contributed by atoms with E-state index < -0.39 is 11.8 Å². The van der Waals surface area contributed by atoms with Gasteiger partial charge in [0.15, 0.2) is 0 Å².